The average Bonchev–Trinajstić information content (AvgIpc) is 3.00. The lowest BCUT2D eigenvalue weighted by molar-refractivity contribution is 0.134. The predicted molar refractivity (Wildman–Crippen MR) is 157 cm³/mol. The lowest BCUT2D eigenvalue weighted by Crippen LogP contribution is -2.73. The van der Waals surface area contributed by atoms with Crippen LogP contribution in [0.2, 0.25) is 0 Å². The highest BCUT2D eigenvalue weighted by atomic mass is 15.0. The van der Waals surface area contributed by atoms with Gasteiger partial charge in [-0.1, -0.05) is 164 Å². The van der Waals surface area contributed by atoms with Crippen LogP contribution in [0.25, 0.3) is 0 Å². The molecule has 0 aliphatic heterocycles. The molecule has 2 heteroatoms. The van der Waals surface area contributed by atoms with Crippen LogP contribution in [0.3, 0.4) is 0 Å². The molecule has 0 spiro atoms. The lowest BCUT2D eigenvalue weighted by Gasteiger charge is -2.62. The molecule has 3 atom stereocenters. The third kappa shape index (κ3) is 3.42. The summed E-state index contributed by atoms with van der Waals surface area (Å²) < 4.78 is 0. The summed E-state index contributed by atoms with van der Waals surface area (Å²) in [7, 11) is 0. The molecular weight excluding hydrogens is 460 g/mol. The Bertz CT molecular complexity index is 1480. The summed E-state index contributed by atoms with van der Waals surface area (Å²) in [4.78, 5) is 0. The average molecular weight is 493 g/mol. The first-order valence-corrected chi connectivity index (χ1v) is 13.2. The molecule has 1 aliphatic rings. The van der Waals surface area contributed by atoms with E-state index >= 15 is 0 Å². The smallest absolute Gasteiger partial charge is 0.0833 e. The first-order chi connectivity index (χ1) is 18.6. The van der Waals surface area contributed by atoms with E-state index < -0.39 is 16.5 Å². The van der Waals surface area contributed by atoms with E-state index in [-0.39, 0.29) is 5.92 Å². The van der Waals surface area contributed by atoms with Gasteiger partial charge < -0.3 is 11.5 Å². The number of benzene rings is 5. The van der Waals surface area contributed by atoms with Crippen molar-refractivity contribution in [2.75, 3.05) is 0 Å². The molecule has 6 rings (SSSR count). The van der Waals surface area contributed by atoms with Crippen molar-refractivity contribution in [3.05, 3.63) is 192 Å². The topological polar surface area (TPSA) is 52.0 Å². The highest BCUT2D eigenvalue weighted by molar-refractivity contribution is 5.61. The fraction of sp³-hybridized carbons (Fsp3) is 0.111. The molecule has 0 fully saturated rings. The summed E-state index contributed by atoms with van der Waals surface area (Å²) in [5, 5.41) is 0. The fourth-order valence-electron chi connectivity index (χ4n) is 6.71. The van der Waals surface area contributed by atoms with Crippen molar-refractivity contribution >= 4 is 0 Å². The van der Waals surface area contributed by atoms with Crippen molar-refractivity contribution in [3.63, 3.8) is 0 Å². The van der Waals surface area contributed by atoms with Crippen LogP contribution in [0, 0.1) is 0 Å². The molecule has 5 aromatic rings. The summed E-state index contributed by atoms with van der Waals surface area (Å²) >= 11 is 0. The van der Waals surface area contributed by atoms with E-state index in [1.807, 2.05) is 24.3 Å². The number of hydrogen-bond donors (Lipinski definition) is 2. The van der Waals surface area contributed by atoms with Gasteiger partial charge in [-0.05, 0) is 27.8 Å². The Morgan fingerprint density at radius 2 is 0.789 bits per heavy atom. The van der Waals surface area contributed by atoms with Crippen LogP contribution >= 0.6 is 0 Å². The Kier molecular flexibility index (Phi) is 6.07. The minimum absolute atomic E-state index is 0.0842. The van der Waals surface area contributed by atoms with E-state index in [2.05, 4.69) is 140 Å². The highest BCUT2D eigenvalue weighted by Crippen LogP contribution is 2.63. The summed E-state index contributed by atoms with van der Waals surface area (Å²) in [6.07, 6.45) is 4.44. The quantitative estimate of drug-likeness (QED) is 0.259. The first-order valence-electron chi connectivity index (χ1n) is 13.2. The second-order valence-corrected chi connectivity index (χ2v) is 10.2. The lowest BCUT2D eigenvalue weighted by atomic mass is 9.44. The van der Waals surface area contributed by atoms with Gasteiger partial charge in [-0.15, -0.1) is 0 Å². The van der Waals surface area contributed by atoms with Gasteiger partial charge in [-0.3, -0.25) is 0 Å². The molecule has 186 valence electrons. The zero-order chi connectivity index (χ0) is 26.1. The van der Waals surface area contributed by atoms with Gasteiger partial charge >= 0.3 is 0 Å². The minimum atomic E-state index is -1.08. The van der Waals surface area contributed by atoms with E-state index in [0.29, 0.717) is 0 Å². The van der Waals surface area contributed by atoms with Crippen LogP contribution < -0.4 is 11.5 Å². The van der Waals surface area contributed by atoms with Crippen molar-refractivity contribution < 1.29 is 0 Å². The molecule has 0 heterocycles. The summed E-state index contributed by atoms with van der Waals surface area (Å²) in [6.45, 7) is 0. The van der Waals surface area contributed by atoms with Gasteiger partial charge in [0.05, 0.1) is 16.5 Å². The van der Waals surface area contributed by atoms with Gasteiger partial charge in [-0.2, -0.15) is 0 Å². The molecule has 0 saturated carbocycles. The number of hydrogen-bond acceptors (Lipinski definition) is 2. The van der Waals surface area contributed by atoms with Gasteiger partial charge in [0.25, 0.3) is 0 Å². The molecule has 38 heavy (non-hydrogen) atoms. The van der Waals surface area contributed by atoms with Crippen molar-refractivity contribution in [2.24, 2.45) is 11.5 Å². The second kappa shape index (κ2) is 9.57. The molecule has 2 nitrogen and oxygen atoms in total. The Morgan fingerprint density at radius 1 is 0.421 bits per heavy atom. The zero-order valence-corrected chi connectivity index (χ0v) is 21.3. The molecule has 1 aliphatic carbocycles. The van der Waals surface area contributed by atoms with E-state index in [4.69, 9.17) is 11.5 Å². The summed E-state index contributed by atoms with van der Waals surface area (Å²) in [5.41, 5.74) is 18.3. The van der Waals surface area contributed by atoms with Crippen molar-refractivity contribution in [3.8, 4) is 0 Å². The van der Waals surface area contributed by atoms with E-state index in [1.165, 1.54) is 5.56 Å². The normalized spacial score (nSPS) is 24.1. The van der Waals surface area contributed by atoms with Crippen molar-refractivity contribution in [1.82, 2.24) is 0 Å². The van der Waals surface area contributed by atoms with E-state index in [9.17, 15) is 0 Å². The number of rotatable bonds is 5. The fourth-order valence-corrected chi connectivity index (χ4v) is 6.71. The van der Waals surface area contributed by atoms with Gasteiger partial charge in [-0.25, -0.2) is 0 Å². The molecule has 0 amide bonds. The Labute approximate surface area is 225 Å². The van der Waals surface area contributed by atoms with Gasteiger partial charge in [0.1, 0.15) is 0 Å². The maximum absolute atomic E-state index is 8.09. The molecule has 5 aromatic carbocycles. The maximum Gasteiger partial charge on any atom is 0.0833 e. The molecule has 0 radical (unpaired) electrons. The van der Waals surface area contributed by atoms with Gasteiger partial charge in [0.15, 0.2) is 0 Å². The van der Waals surface area contributed by atoms with Crippen LogP contribution in [-0.4, -0.2) is 0 Å². The molecule has 0 aromatic heterocycles. The highest BCUT2D eigenvalue weighted by Gasteiger charge is 2.66. The zero-order valence-electron chi connectivity index (χ0n) is 21.3. The van der Waals surface area contributed by atoms with Crippen molar-refractivity contribution in [1.29, 1.82) is 0 Å². The first kappa shape index (κ1) is 24.1. The maximum atomic E-state index is 8.09. The predicted octanol–water partition coefficient (Wildman–Crippen LogP) is 7.03. The summed E-state index contributed by atoms with van der Waals surface area (Å²) in [5.74, 6) is -0.0842. The van der Waals surface area contributed by atoms with Gasteiger partial charge in [0.2, 0.25) is 0 Å². The van der Waals surface area contributed by atoms with Crippen LogP contribution in [-0.2, 0) is 16.5 Å². The largest absolute Gasteiger partial charge is 0.318 e. The molecule has 3 unspecified atom stereocenters. The van der Waals surface area contributed by atoms with Crippen LogP contribution in [0.4, 0.5) is 0 Å². The SMILES string of the molecule is NC1(c2ccccc2)C=CC(c2ccccc2)C(c2ccccc2)(c2ccccc2)C1(N)c1ccccc1. The van der Waals surface area contributed by atoms with E-state index in [0.717, 1.165) is 22.3 Å². The molecule has 4 N–H and O–H groups in total. The minimum Gasteiger partial charge on any atom is -0.318 e. The van der Waals surface area contributed by atoms with E-state index in [1.54, 1.807) is 0 Å². The Morgan fingerprint density at radius 3 is 1.24 bits per heavy atom. The standard InChI is InChI=1S/C36H32N2/c37-34(29-18-8-2-9-19-29)27-26-33(28-16-6-1-7-17-28)35(30-20-10-3-11-21-30,31-22-12-4-13-23-31)36(34,38)32-24-14-5-15-25-32/h1-27,33H,37-38H2. The third-order valence-electron chi connectivity index (χ3n) is 8.39. The molecular formula is C36H32N2. The van der Waals surface area contributed by atoms with Crippen LogP contribution in [0.1, 0.15) is 33.7 Å². The van der Waals surface area contributed by atoms with Crippen LogP contribution in [0.5, 0.6) is 0 Å². The Hall–Kier alpha value is -4.24. The monoisotopic (exact) mass is 492 g/mol. The number of nitrogens with two attached hydrogens (primary N) is 2. The Balaban J connectivity index is 1.83. The third-order valence-corrected chi connectivity index (χ3v) is 8.39. The summed E-state index contributed by atoms with van der Waals surface area (Å²) in [6, 6.07) is 52.8. The van der Waals surface area contributed by atoms with Crippen molar-refractivity contribution in [2.45, 2.75) is 22.4 Å². The molecule has 0 bridgehead atoms. The molecule has 0 saturated heterocycles. The second-order valence-electron chi connectivity index (χ2n) is 10.2. The van der Waals surface area contributed by atoms with Crippen LogP contribution in [0.15, 0.2) is 164 Å². The van der Waals surface area contributed by atoms with Gasteiger partial charge in [0, 0.05) is 5.92 Å². The number of allylic oxidation sites excluding steroid dienone is 1.